The van der Waals surface area contributed by atoms with Gasteiger partial charge in [0, 0.05) is 34.4 Å². The van der Waals surface area contributed by atoms with Gasteiger partial charge in [0.2, 0.25) is 0 Å². The minimum Gasteiger partial charge on any atom is -0.481 e. The molecule has 0 radical (unpaired) electrons. The summed E-state index contributed by atoms with van der Waals surface area (Å²) in [5.41, 5.74) is -1.39. The van der Waals surface area contributed by atoms with Crippen LogP contribution in [0.4, 0.5) is 17.6 Å². The highest BCUT2D eigenvalue weighted by atomic mass is 35.5. The number of hydrogen-bond donors (Lipinski definition) is 2. The van der Waals surface area contributed by atoms with Crippen molar-refractivity contribution < 1.29 is 41.8 Å². The number of alkyl halides is 3. The molecule has 10 nitrogen and oxygen atoms in total. The predicted molar refractivity (Wildman–Crippen MR) is 148 cm³/mol. The largest absolute Gasteiger partial charge is 0.481 e. The lowest BCUT2D eigenvalue weighted by atomic mass is 9.87. The molecule has 0 amide bonds. The molecule has 16 heteroatoms. The Morgan fingerprint density at radius 1 is 1.37 bits per heavy atom. The van der Waals surface area contributed by atoms with Crippen LogP contribution in [0.1, 0.15) is 30.5 Å². The topological polar surface area (TPSA) is 117 Å². The number of hydroxylamine groups is 2. The number of amidine groups is 1. The summed E-state index contributed by atoms with van der Waals surface area (Å²) in [6.07, 6.45) is -0.455. The van der Waals surface area contributed by atoms with E-state index in [0.717, 1.165) is 24.3 Å². The second-order valence-electron chi connectivity index (χ2n) is 11.0. The lowest BCUT2D eigenvalue weighted by Crippen LogP contribution is -2.50. The molecule has 0 spiro atoms. The van der Waals surface area contributed by atoms with Crippen molar-refractivity contribution in [3.05, 3.63) is 62.5 Å². The number of ether oxygens (including phenoxy) is 1. The van der Waals surface area contributed by atoms with Crippen molar-refractivity contribution in [2.24, 2.45) is 10.4 Å². The first-order valence-corrected chi connectivity index (χ1v) is 14.4. The molecule has 2 fully saturated rings. The SMILES string of the molecule is COC(=O)C1=C(CN2CC(F)(F)[C@@H]3[C@H]2CON3C[C@@H](F)C(C)(C)C(=O)O)NC(c2nccs2)=N[C@H]1c1ccc(F)cc1Cl. The quantitative estimate of drug-likeness (QED) is 0.310. The number of hydrogen-bond acceptors (Lipinski definition) is 10. The molecular formula is C27H28ClF4N5O5S. The Morgan fingerprint density at radius 2 is 2.12 bits per heavy atom. The first kappa shape index (κ1) is 31.3. The first-order valence-electron chi connectivity index (χ1n) is 13.1. The van der Waals surface area contributed by atoms with Gasteiger partial charge in [-0.2, -0.15) is 5.06 Å². The summed E-state index contributed by atoms with van der Waals surface area (Å²) in [5.74, 6) is -5.95. The van der Waals surface area contributed by atoms with Crippen molar-refractivity contribution in [3.63, 3.8) is 0 Å². The van der Waals surface area contributed by atoms with Gasteiger partial charge in [-0.25, -0.2) is 27.3 Å². The molecule has 0 bridgehead atoms. The van der Waals surface area contributed by atoms with Crippen LogP contribution in [-0.4, -0.2) is 95.4 Å². The van der Waals surface area contributed by atoms with Gasteiger partial charge in [-0.3, -0.25) is 19.5 Å². The number of fused-ring (bicyclic) bond motifs is 1. The van der Waals surface area contributed by atoms with E-state index in [1.54, 1.807) is 11.6 Å². The summed E-state index contributed by atoms with van der Waals surface area (Å²) in [6, 6.07) is 0.0269. The number of carboxylic acids is 1. The molecule has 4 heterocycles. The second kappa shape index (κ2) is 11.8. The summed E-state index contributed by atoms with van der Waals surface area (Å²) in [6.45, 7) is 0.470. The van der Waals surface area contributed by atoms with Gasteiger partial charge in [0.05, 0.1) is 43.8 Å². The van der Waals surface area contributed by atoms with Gasteiger partial charge in [-0.15, -0.1) is 11.3 Å². The number of halogens is 5. The maximum absolute atomic E-state index is 15.5. The minimum atomic E-state index is -3.37. The molecule has 232 valence electrons. The number of rotatable bonds is 9. The Balaban J connectivity index is 1.50. The molecule has 4 atom stereocenters. The summed E-state index contributed by atoms with van der Waals surface area (Å²) in [4.78, 5) is 40.5. The standard InChI is InChI=1S/C27H28ClF4N5O5S/c1-26(2,25(39)40)18(30)10-37-21-17(11-42-37)36(12-27(21,31)32)9-16-19(24(38)41-3)20(14-5-4-13(29)8-15(14)28)35-22(34-16)23-33-6-7-43-23/h4-8,17-18,20-21H,9-12H2,1-3H3,(H,34,35)(H,39,40)/t17-,18-,20+,21+/m1/s1. The zero-order valence-electron chi connectivity index (χ0n) is 23.2. The number of esters is 1. The van der Waals surface area contributed by atoms with Crippen LogP contribution in [0.15, 0.2) is 46.0 Å². The van der Waals surface area contributed by atoms with Crippen molar-refractivity contribution in [2.45, 2.75) is 44.1 Å². The monoisotopic (exact) mass is 645 g/mol. The van der Waals surface area contributed by atoms with Gasteiger partial charge in [0.25, 0.3) is 5.92 Å². The smallest absolute Gasteiger partial charge is 0.338 e. The van der Waals surface area contributed by atoms with E-state index in [2.05, 4.69) is 15.3 Å². The number of methoxy groups -OCH3 is 1. The van der Waals surface area contributed by atoms with Crippen LogP contribution in [-0.2, 0) is 19.2 Å². The fourth-order valence-electron chi connectivity index (χ4n) is 5.35. The molecule has 43 heavy (non-hydrogen) atoms. The number of carbonyl (C=O) groups is 2. The van der Waals surface area contributed by atoms with E-state index in [9.17, 15) is 23.5 Å². The molecule has 2 aromatic rings. The molecule has 0 aliphatic carbocycles. The first-order chi connectivity index (χ1) is 20.2. The highest BCUT2D eigenvalue weighted by Gasteiger charge is 2.61. The van der Waals surface area contributed by atoms with Crippen molar-refractivity contribution in [1.82, 2.24) is 20.3 Å². The summed E-state index contributed by atoms with van der Waals surface area (Å²) < 4.78 is 64.9. The molecular weight excluding hydrogens is 618 g/mol. The third kappa shape index (κ3) is 5.88. The minimum absolute atomic E-state index is 0.00689. The molecule has 1 aromatic carbocycles. The number of likely N-dealkylation sites (tertiary alicyclic amines) is 1. The number of aliphatic carboxylic acids is 1. The Morgan fingerprint density at radius 3 is 2.74 bits per heavy atom. The number of carbonyl (C=O) groups excluding carboxylic acids is 1. The molecule has 3 aliphatic rings. The van der Waals surface area contributed by atoms with Gasteiger partial charge in [-0.1, -0.05) is 17.7 Å². The normalized spacial score (nSPS) is 24.8. The Kier molecular flexibility index (Phi) is 8.57. The third-order valence-corrected chi connectivity index (χ3v) is 8.97. The predicted octanol–water partition coefficient (Wildman–Crippen LogP) is 3.84. The molecule has 0 saturated carbocycles. The highest BCUT2D eigenvalue weighted by molar-refractivity contribution is 7.11. The molecule has 0 unspecified atom stereocenters. The average Bonchev–Trinajstić information content (AvgIpc) is 3.67. The van der Waals surface area contributed by atoms with Crippen LogP contribution >= 0.6 is 22.9 Å². The molecule has 1 aromatic heterocycles. The van der Waals surface area contributed by atoms with E-state index in [-0.39, 0.29) is 40.8 Å². The van der Waals surface area contributed by atoms with Crippen LogP contribution in [0.25, 0.3) is 0 Å². The zero-order chi connectivity index (χ0) is 31.3. The van der Waals surface area contributed by atoms with E-state index in [4.69, 9.17) is 21.2 Å². The Bertz CT molecular complexity index is 1470. The Hall–Kier alpha value is -3.11. The van der Waals surface area contributed by atoms with E-state index in [1.807, 2.05) is 0 Å². The van der Waals surface area contributed by atoms with Gasteiger partial charge >= 0.3 is 11.9 Å². The van der Waals surface area contributed by atoms with Gasteiger partial charge in [0.1, 0.15) is 24.1 Å². The summed E-state index contributed by atoms with van der Waals surface area (Å²) >= 11 is 7.61. The van der Waals surface area contributed by atoms with Crippen LogP contribution < -0.4 is 5.32 Å². The summed E-state index contributed by atoms with van der Waals surface area (Å²) in [5, 5.41) is 15.4. The summed E-state index contributed by atoms with van der Waals surface area (Å²) in [7, 11) is 1.16. The highest BCUT2D eigenvalue weighted by Crippen LogP contribution is 2.43. The van der Waals surface area contributed by atoms with Crippen molar-refractivity contribution in [3.8, 4) is 0 Å². The molecule has 3 aliphatic heterocycles. The molecule has 5 rings (SSSR count). The van der Waals surface area contributed by atoms with Crippen molar-refractivity contribution in [2.75, 3.05) is 33.4 Å². The lowest BCUT2D eigenvalue weighted by Gasteiger charge is -2.31. The van der Waals surface area contributed by atoms with Gasteiger partial charge in [-0.05, 0) is 26.0 Å². The van der Waals surface area contributed by atoms with E-state index < -0.39 is 66.5 Å². The number of aromatic nitrogens is 1. The van der Waals surface area contributed by atoms with E-state index in [0.29, 0.717) is 5.01 Å². The number of thiazole rings is 1. The zero-order valence-corrected chi connectivity index (χ0v) is 24.8. The van der Waals surface area contributed by atoms with Crippen LogP contribution in [0.3, 0.4) is 0 Å². The number of nitrogens with zero attached hydrogens (tertiary/aromatic N) is 4. The molecule has 2 saturated heterocycles. The Labute approximate surface area is 252 Å². The maximum Gasteiger partial charge on any atom is 0.338 e. The second-order valence-corrected chi connectivity index (χ2v) is 12.3. The van der Waals surface area contributed by atoms with Crippen molar-refractivity contribution >= 4 is 40.7 Å². The number of aliphatic imine (C=N–C) groups is 1. The average molecular weight is 646 g/mol. The van der Waals surface area contributed by atoms with Gasteiger partial charge < -0.3 is 15.2 Å². The maximum atomic E-state index is 15.5. The fourth-order valence-corrected chi connectivity index (χ4v) is 6.20. The number of carboxylic acid groups (broad SMARTS) is 1. The van der Waals surface area contributed by atoms with Crippen LogP contribution in [0, 0.1) is 11.2 Å². The number of nitrogens with one attached hydrogen (secondary N) is 1. The van der Waals surface area contributed by atoms with E-state index >= 15 is 8.78 Å². The lowest BCUT2D eigenvalue weighted by molar-refractivity contribution is -0.196. The number of benzene rings is 1. The van der Waals surface area contributed by atoms with Crippen LogP contribution in [0.2, 0.25) is 5.02 Å². The molecule has 2 N–H and O–H groups in total. The third-order valence-electron chi connectivity index (χ3n) is 7.86. The fraction of sp³-hybridized carbons (Fsp3) is 0.481. The van der Waals surface area contributed by atoms with Crippen LogP contribution in [0.5, 0.6) is 0 Å². The van der Waals surface area contributed by atoms with E-state index in [1.165, 1.54) is 36.2 Å². The van der Waals surface area contributed by atoms with Crippen molar-refractivity contribution in [1.29, 1.82) is 0 Å². The van der Waals surface area contributed by atoms with Gasteiger partial charge in [0.15, 0.2) is 10.8 Å².